The summed E-state index contributed by atoms with van der Waals surface area (Å²) in [6.07, 6.45) is 1.47. The lowest BCUT2D eigenvalue weighted by molar-refractivity contribution is -0.312. The molecule has 0 saturated carbocycles. The number of aliphatic carboxylic acids is 1. The second kappa shape index (κ2) is 11.1. The van der Waals surface area contributed by atoms with E-state index in [1.165, 1.54) is 0 Å². The second-order valence-corrected chi connectivity index (χ2v) is 6.70. The van der Waals surface area contributed by atoms with E-state index >= 15 is 0 Å². The number of aliphatic hydroxyl groups is 1. The maximum Gasteiger partial charge on any atom is 0.223 e. The molecule has 2 atom stereocenters. The first-order valence-electron chi connectivity index (χ1n) is 9.27. The van der Waals surface area contributed by atoms with Crippen LogP contribution in [0.15, 0.2) is 60.7 Å². The molecule has 0 aromatic heterocycles. The molecule has 0 radical (unpaired) electrons. The van der Waals surface area contributed by atoms with Crippen molar-refractivity contribution in [2.45, 2.75) is 25.7 Å². The summed E-state index contributed by atoms with van der Waals surface area (Å²) in [5.41, 5.74) is 1.89. The van der Waals surface area contributed by atoms with Crippen LogP contribution in [-0.4, -0.2) is 30.1 Å². The van der Waals surface area contributed by atoms with Crippen LogP contribution in [-0.2, 0) is 22.4 Å². The summed E-state index contributed by atoms with van der Waals surface area (Å²) in [5.74, 6) is -2.55. The first kappa shape index (κ1) is 20.6. The highest BCUT2D eigenvalue weighted by atomic mass is 16.4. The first-order chi connectivity index (χ1) is 13.1. The smallest absolute Gasteiger partial charge is 0.223 e. The predicted molar refractivity (Wildman–Crippen MR) is 102 cm³/mol. The molecule has 0 aliphatic carbocycles. The highest BCUT2D eigenvalue weighted by Crippen LogP contribution is 2.21. The van der Waals surface area contributed by atoms with Crippen LogP contribution in [0.1, 0.15) is 24.0 Å². The summed E-state index contributed by atoms with van der Waals surface area (Å²) in [6, 6.07) is 18.9. The summed E-state index contributed by atoms with van der Waals surface area (Å²) >= 11 is 0. The van der Waals surface area contributed by atoms with Crippen LogP contribution in [0.4, 0.5) is 0 Å². The maximum atomic E-state index is 12.6. The van der Waals surface area contributed by atoms with E-state index in [4.69, 9.17) is 5.11 Å². The van der Waals surface area contributed by atoms with E-state index in [0.29, 0.717) is 25.8 Å². The molecule has 5 heteroatoms. The third-order valence-electron chi connectivity index (χ3n) is 4.56. The van der Waals surface area contributed by atoms with Crippen molar-refractivity contribution in [3.05, 3.63) is 71.8 Å². The molecule has 2 rings (SSSR count). The van der Waals surface area contributed by atoms with E-state index in [9.17, 15) is 14.7 Å². The normalized spacial score (nSPS) is 12.9. The van der Waals surface area contributed by atoms with Crippen molar-refractivity contribution in [2.24, 2.45) is 11.8 Å². The van der Waals surface area contributed by atoms with Crippen LogP contribution in [0.3, 0.4) is 0 Å². The minimum atomic E-state index is -1.14. The number of carbonyl (C=O) groups excluding carboxylic acids is 2. The molecule has 2 aromatic carbocycles. The number of carboxylic acid groups (broad SMARTS) is 1. The molecule has 0 bridgehead atoms. The molecule has 27 heavy (non-hydrogen) atoms. The average molecular weight is 368 g/mol. The zero-order valence-corrected chi connectivity index (χ0v) is 15.3. The van der Waals surface area contributed by atoms with Gasteiger partial charge in [-0.3, -0.25) is 4.79 Å². The largest absolute Gasteiger partial charge is 0.550 e. The van der Waals surface area contributed by atoms with Gasteiger partial charge in [0.05, 0.1) is 0 Å². The van der Waals surface area contributed by atoms with Crippen LogP contribution < -0.4 is 10.4 Å². The Bertz CT molecular complexity index is 703. The van der Waals surface area contributed by atoms with Gasteiger partial charge in [-0.1, -0.05) is 60.7 Å². The fourth-order valence-corrected chi connectivity index (χ4v) is 3.12. The van der Waals surface area contributed by atoms with Gasteiger partial charge in [0.2, 0.25) is 5.91 Å². The third kappa shape index (κ3) is 7.23. The SMILES string of the molecule is O=C([O-])C(Cc1ccccc1)CC(Cc1ccccc1)C(=O)NCCCO. The summed E-state index contributed by atoms with van der Waals surface area (Å²) in [4.78, 5) is 24.3. The Kier molecular flexibility index (Phi) is 8.52. The minimum Gasteiger partial charge on any atom is -0.550 e. The van der Waals surface area contributed by atoms with E-state index < -0.39 is 17.8 Å². The van der Waals surface area contributed by atoms with Gasteiger partial charge in [-0.25, -0.2) is 0 Å². The number of carboxylic acids is 1. The van der Waals surface area contributed by atoms with Gasteiger partial charge in [0.25, 0.3) is 0 Å². The van der Waals surface area contributed by atoms with Gasteiger partial charge in [0.1, 0.15) is 0 Å². The Morgan fingerprint density at radius 3 is 1.89 bits per heavy atom. The zero-order chi connectivity index (χ0) is 19.5. The molecule has 0 fully saturated rings. The molecule has 1 amide bonds. The molecule has 0 aliphatic rings. The van der Waals surface area contributed by atoms with E-state index in [0.717, 1.165) is 11.1 Å². The van der Waals surface area contributed by atoms with Crippen molar-refractivity contribution in [3.8, 4) is 0 Å². The molecule has 2 unspecified atom stereocenters. The minimum absolute atomic E-state index is 0.000684. The van der Waals surface area contributed by atoms with Crippen molar-refractivity contribution < 1.29 is 19.8 Å². The number of hydrogen-bond acceptors (Lipinski definition) is 4. The van der Waals surface area contributed by atoms with Crippen LogP contribution in [0.25, 0.3) is 0 Å². The van der Waals surface area contributed by atoms with Gasteiger partial charge in [-0.15, -0.1) is 0 Å². The fourth-order valence-electron chi connectivity index (χ4n) is 3.12. The number of carbonyl (C=O) groups is 2. The van der Waals surface area contributed by atoms with Crippen LogP contribution in [0.2, 0.25) is 0 Å². The molecule has 2 aromatic rings. The lowest BCUT2D eigenvalue weighted by atomic mass is 9.85. The quantitative estimate of drug-likeness (QED) is 0.586. The Hall–Kier alpha value is -2.66. The van der Waals surface area contributed by atoms with Crippen molar-refractivity contribution in [3.63, 3.8) is 0 Å². The number of nitrogens with one attached hydrogen (secondary N) is 1. The second-order valence-electron chi connectivity index (χ2n) is 6.70. The lowest BCUT2D eigenvalue weighted by Gasteiger charge is -2.24. The van der Waals surface area contributed by atoms with Gasteiger partial charge in [-0.05, 0) is 36.8 Å². The molecule has 144 valence electrons. The molecule has 0 aliphatic heterocycles. The zero-order valence-electron chi connectivity index (χ0n) is 15.3. The molecule has 5 nitrogen and oxygen atoms in total. The van der Waals surface area contributed by atoms with E-state index in [2.05, 4.69) is 5.32 Å². The Morgan fingerprint density at radius 1 is 0.889 bits per heavy atom. The topological polar surface area (TPSA) is 89.5 Å². The predicted octanol–water partition coefficient (Wildman–Crippen LogP) is 1.34. The summed E-state index contributed by atoms with van der Waals surface area (Å²) < 4.78 is 0. The number of amides is 1. The van der Waals surface area contributed by atoms with Crippen LogP contribution >= 0.6 is 0 Å². The lowest BCUT2D eigenvalue weighted by Crippen LogP contribution is -2.39. The van der Waals surface area contributed by atoms with Crippen molar-refractivity contribution in [2.75, 3.05) is 13.2 Å². The van der Waals surface area contributed by atoms with Gasteiger partial charge in [0.15, 0.2) is 0 Å². The highest BCUT2D eigenvalue weighted by molar-refractivity contribution is 5.80. The van der Waals surface area contributed by atoms with Gasteiger partial charge in [0, 0.05) is 31.0 Å². The summed E-state index contributed by atoms with van der Waals surface area (Å²) in [6.45, 7) is 0.370. The van der Waals surface area contributed by atoms with E-state index in [-0.39, 0.29) is 18.9 Å². The van der Waals surface area contributed by atoms with Crippen LogP contribution in [0, 0.1) is 11.8 Å². The molecular weight excluding hydrogens is 342 g/mol. The molecule has 0 spiro atoms. The average Bonchev–Trinajstić information content (AvgIpc) is 2.68. The molecule has 0 heterocycles. The number of rotatable bonds is 11. The molecule has 0 saturated heterocycles. The third-order valence-corrected chi connectivity index (χ3v) is 4.56. The Balaban J connectivity index is 2.11. The Morgan fingerprint density at radius 2 is 1.41 bits per heavy atom. The number of hydrogen-bond donors (Lipinski definition) is 2. The maximum absolute atomic E-state index is 12.6. The molecule has 2 N–H and O–H groups in total. The standard InChI is InChI=1S/C22H27NO4/c24-13-7-12-23-21(25)19(14-17-8-3-1-4-9-17)16-20(22(26)27)15-18-10-5-2-6-11-18/h1-6,8-11,19-20,24H,7,12-16H2,(H,23,25)(H,26,27)/p-1. The number of benzene rings is 2. The van der Waals surface area contributed by atoms with Crippen molar-refractivity contribution in [1.82, 2.24) is 5.32 Å². The van der Waals surface area contributed by atoms with Gasteiger partial charge >= 0.3 is 0 Å². The first-order valence-corrected chi connectivity index (χ1v) is 9.27. The van der Waals surface area contributed by atoms with E-state index in [1.54, 1.807) is 0 Å². The van der Waals surface area contributed by atoms with Crippen molar-refractivity contribution in [1.29, 1.82) is 0 Å². The van der Waals surface area contributed by atoms with Crippen molar-refractivity contribution >= 4 is 11.9 Å². The summed E-state index contributed by atoms with van der Waals surface area (Å²) in [7, 11) is 0. The number of aliphatic hydroxyl groups excluding tert-OH is 1. The highest BCUT2D eigenvalue weighted by Gasteiger charge is 2.24. The monoisotopic (exact) mass is 368 g/mol. The van der Waals surface area contributed by atoms with Gasteiger partial charge in [-0.2, -0.15) is 0 Å². The van der Waals surface area contributed by atoms with Gasteiger partial charge < -0.3 is 20.3 Å². The Labute approximate surface area is 160 Å². The molecular formula is C22H26NO4-. The van der Waals surface area contributed by atoms with E-state index in [1.807, 2.05) is 60.7 Å². The summed E-state index contributed by atoms with van der Waals surface area (Å²) in [5, 5.41) is 23.4. The van der Waals surface area contributed by atoms with Crippen LogP contribution in [0.5, 0.6) is 0 Å². The fraction of sp³-hybridized carbons (Fsp3) is 0.364.